The van der Waals surface area contributed by atoms with Gasteiger partial charge in [0.05, 0.1) is 11.6 Å². The SMILES string of the molecule is CC(Nc1ncnc(Cl)c1C=O)c1ccccc1F. The average Bonchev–Trinajstić information content (AvgIpc) is 2.39. The van der Waals surface area contributed by atoms with E-state index in [1.165, 1.54) is 12.4 Å². The Hall–Kier alpha value is -2.01. The minimum absolute atomic E-state index is 0.0632. The molecule has 0 radical (unpaired) electrons. The van der Waals surface area contributed by atoms with E-state index in [9.17, 15) is 9.18 Å². The summed E-state index contributed by atoms with van der Waals surface area (Å²) in [5.41, 5.74) is 0.640. The first-order chi connectivity index (χ1) is 9.13. The second-order valence-corrected chi connectivity index (χ2v) is 4.29. The molecule has 1 unspecified atom stereocenters. The van der Waals surface area contributed by atoms with Gasteiger partial charge in [0.2, 0.25) is 0 Å². The normalized spacial score (nSPS) is 11.9. The molecule has 6 heteroatoms. The van der Waals surface area contributed by atoms with E-state index in [2.05, 4.69) is 15.3 Å². The molecule has 0 saturated carbocycles. The third-order valence-corrected chi connectivity index (χ3v) is 2.98. The number of hydrogen-bond acceptors (Lipinski definition) is 4. The number of rotatable bonds is 4. The lowest BCUT2D eigenvalue weighted by atomic mass is 10.1. The van der Waals surface area contributed by atoms with Gasteiger partial charge in [-0.1, -0.05) is 29.8 Å². The largest absolute Gasteiger partial charge is 0.363 e. The molecule has 2 rings (SSSR count). The van der Waals surface area contributed by atoms with Crippen molar-refractivity contribution in [3.05, 3.63) is 52.7 Å². The van der Waals surface area contributed by atoms with Gasteiger partial charge in [0.25, 0.3) is 0 Å². The van der Waals surface area contributed by atoms with E-state index in [0.29, 0.717) is 11.8 Å². The van der Waals surface area contributed by atoms with Gasteiger partial charge in [0.15, 0.2) is 6.29 Å². The molecule has 1 aromatic carbocycles. The number of nitrogens with one attached hydrogen (secondary N) is 1. The monoisotopic (exact) mass is 279 g/mol. The summed E-state index contributed by atoms with van der Waals surface area (Å²) in [5.74, 6) is -0.0407. The summed E-state index contributed by atoms with van der Waals surface area (Å²) in [4.78, 5) is 18.6. The highest BCUT2D eigenvalue weighted by Crippen LogP contribution is 2.24. The van der Waals surface area contributed by atoms with Gasteiger partial charge in [-0.15, -0.1) is 0 Å². The molecular formula is C13H11ClFN3O. The summed E-state index contributed by atoms with van der Waals surface area (Å²) < 4.78 is 13.6. The highest BCUT2D eigenvalue weighted by Gasteiger charge is 2.14. The van der Waals surface area contributed by atoms with Gasteiger partial charge in [0, 0.05) is 5.56 Å². The van der Waals surface area contributed by atoms with E-state index in [0.717, 1.165) is 0 Å². The maximum Gasteiger partial charge on any atom is 0.156 e. The van der Waals surface area contributed by atoms with Crippen molar-refractivity contribution in [2.45, 2.75) is 13.0 Å². The molecule has 1 heterocycles. The van der Waals surface area contributed by atoms with Gasteiger partial charge in [-0.25, -0.2) is 14.4 Å². The minimum Gasteiger partial charge on any atom is -0.363 e. The van der Waals surface area contributed by atoms with Crippen LogP contribution in [0.2, 0.25) is 5.15 Å². The summed E-state index contributed by atoms with van der Waals surface area (Å²) in [6, 6.07) is 6.04. The maximum atomic E-state index is 13.6. The fraction of sp³-hybridized carbons (Fsp3) is 0.154. The number of carbonyl (C=O) groups is 1. The van der Waals surface area contributed by atoms with Crippen LogP contribution in [0.15, 0.2) is 30.6 Å². The van der Waals surface area contributed by atoms with Crippen molar-refractivity contribution in [3.63, 3.8) is 0 Å². The minimum atomic E-state index is -0.356. The quantitative estimate of drug-likeness (QED) is 0.689. The number of hydrogen-bond donors (Lipinski definition) is 1. The Morgan fingerprint density at radius 2 is 2.11 bits per heavy atom. The van der Waals surface area contributed by atoms with Crippen LogP contribution in [0.1, 0.15) is 28.9 Å². The number of aromatic nitrogens is 2. The van der Waals surface area contributed by atoms with Crippen molar-refractivity contribution in [2.75, 3.05) is 5.32 Å². The Kier molecular flexibility index (Phi) is 4.06. The van der Waals surface area contributed by atoms with Crippen molar-refractivity contribution in [1.82, 2.24) is 9.97 Å². The lowest BCUT2D eigenvalue weighted by Crippen LogP contribution is -2.12. The van der Waals surface area contributed by atoms with E-state index in [-0.39, 0.29) is 28.4 Å². The zero-order chi connectivity index (χ0) is 13.8. The van der Waals surface area contributed by atoms with Crippen LogP contribution in [0.25, 0.3) is 0 Å². The first-order valence-corrected chi connectivity index (χ1v) is 5.98. The van der Waals surface area contributed by atoms with E-state index in [1.807, 2.05) is 0 Å². The third kappa shape index (κ3) is 2.88. The van der Waals surface area contributed by atoms with Crippen molar-refractivity contribution in [2.24, 2.45) is 0 Å². The maximum absolute atomic E-state index is 13.6. The summed E-state index contributed by atoms with van der Waals surface area (Å²) in [7, 11) is 0. The Labute approximate surface area is 114 Å². The van der Waals surface area contributed by atoms with E-state index < -0.39 is 0 Å². The number of carbonyl (C=O) groups excluding carboxylic acids is 1. The second kappa shape index (κ2) is 5.75. The summed E-state index contributed by atoms with van der Waals surface area (Å²) in [5, 5.41) is 3.02. The Morgan fingerprint density at radius 3 is 2.79 bits per heavy atom. The second-order valence-electron chi connectivity index (χ2n) is 3.93. The van der Waals surface area contributed by atoms with Gasteiger partial charge in [-0.3, -0.25) is 4.79 Å². The lowest BCUT2D eigenvalue weighted by Gasteiger charge is -2.16. The van der Waals surface area contributed by atoms with Gasteiger partial charge in [0.1, 0.15) is 23.1 Å². The fourth-order valence-electron chi connectivity index (χ4n) is 1.70. The molecule has 1 aromatic heterocycles. The van der Waals surface area contributed by atoms with Crippen LogP contribution in [0.5, 0.6) is 0 Å². The molecule has 0 bridgehead atoms. The molecule has 0 spiro atoms. The van der Waals surface area contributed by atoms with Crippen molar-refractivity contribution >= 4 is 23.7 Å². The summed E-state index contributed by atoms with van der Waals surface area (Å²) >= 11 is 5.79. The average molecular weight is 280 g/mol. The molecule has 1 atom stereocenters. The number of nitrogens with zero attached hydrogens (tertiary/aromatic N) is 2. The lowest BCUT2D eigenvalue weighted by molar-refractivity contribution is 0.112. The molecule has 1 N–H and O–H groups in total. The molecule has 0 amide bonds. The van der Waals surface area contributed by atoms with Crippen LogP contribution in [-0.2, 0) is 0 Å². The summed E-state index contributed by atoms with van der Waals surface area (Å²) in [6.45, 7) is 1.77. The van der Waals surface area contributed by atoms with E-state index >= 15 is 0 Å². The highest BCUT2D eigenvalue weighted by atomic mass is 35.5. The van der Waals surface area contributed by atoms with Crippen LogP contribution in [0, 0.1) is 5.82 Å². The Bertz CT molecular complexity index is 606. The topological polar surface area (TPSA) is 54.9 Å². The van der Waals surface area contributed by atoms with Crippen LogP contribution in [0.3, 0.4) is 0 Å². The first kappa shape index (κ1) is 13.4. The molecule has 0 fully saturated rings. The van der Waals surface area contributed by atoms with Crippen molar-refractivity contribution < 1.29 is 9.18 Å². The highest BCUT2D eigenvalue weighted by molar-refractivity contribution is 6.32. The first-order valence-electron chi connectivity index (χ1n) is 5.60. The van der Waals surface area contributed by atoms with Crippen LogP contribution in [-0.4, -0.2) is 16.3 Å². The predicted octanol–water partition coefficient (Wildman–Crippen LogP) is 3.25. The fourth-order valence-corrected chi connectivity index (χ4v) is 1.88. The van der Waals surface area contributed by atoms with Crippen molar-refractivity contribution in [3.8, 4) is 0 Å². The van der Waals surface area contributed by atoms with Crippen molar-refractivity contribution in [1.29, 1.82) is 0 Å². The third-order valence-electron chi connectivity index (χ3n) is 2.68. The standard InChI is InChI=1S/C13H11ClFN3O/c1-8(9-4-2-3-5-11(9)15)18-13-10(6-19)12(14)16-7-17-13/h2-8H,1H3,(H,16,17,18). The molecule has 0 saturated heterocycles. The molecular weight excluding hydrogens is 269 g/mol. The zero-order valence-corrected chi connectivity index (χ0v) is 10.9. The molecule has 19 heavy (non-hydrogen) atoms. The van der Waals surface area contributed by atoms with Gasteiger partial charge in [-0.2, -0.15) is 0 Å². The number of halogens is 2. The van der Waals surface area contributed by atoms with Crippen LogP contribution >= 0.6 is 11.6 Å². The molecule has 0 aliphatic heterocycles. The van der Waals surface area contributed by atoms with Gasteiger partial charge in [-0.05, 0) is 13.0 Å². The number of aldehydes is 1. The number of anilines is 1. The molecule has 0 aliphatic rings. The number of benzene rings is 1. The predicted molar refractivity (Wildman–Crippen MR) is 70.9 cm³/mol. The van der Waals surface area contributed by atoms with Crippen LogP contribution < -0.4 is 5.32 Å². The van der Waals surface area contributed by atoms with Gasteiger partial charge >= 0.3 is 0 Å². The Morgan fingerprint density at radius 1 is 1.37 bits per heavy atom. The zero-order valence-electron chi connectivity index (χ0n) is 10.1. The molecule has 4 nitrogen and oxygen atoms in total. The smallest absolute Gasteiger partial charge is 0.156 e. The molecule has 0 aliphatic carbocycles. The van der Waals surface area contributed by atoms with Crippen LogP contribution in [0.4, 0.5) is 10.2 Å². The van der Waals surface area contributed by atoms with Gasteiger partial charge < -0.3 is 5.32 Å². The molecule has 2 aromatic rings. The Balaban J connectivity index is 2.29. The van der Waals surface area contributed by atoms with E-state index in [4.69, 9.17) is 11.6 Å². The summed E-state index contributed by atoms with van der Waals surface area (Å²) in [6.07, 6.45) is 1.81. The molecule has 98 valence electrons. The van der Waals surface area contributed by atoms with E-state index in [1.54, 1.807) is 25.1 Å².